The Morgan fingerprint density at radius 2 is 1.09 bits per heavy atom. The molecule has 0 radical (unpaired) electrons. The summed E-state index contributed by atoms with van der Waals surface area (Å²) in [6, 6.07) is 55.3. The third-order valence-electron chi connectivity index (χ3n) is 9.17. The minimum absolute atomic E-state index is 0.833. The summed E-state index contributed by atoms with van der Waals surface area (Å²) in [7, 11) is 0. The molecule has 0 amide bonds. The van der Waals surface area contributed by atoms with Crippen LogP contribution in [-0.2, 0) is 0 Å². The molecule has 3 heterocycles. The number of hydrogen-bond donors (Lipinski definition) is 0. The van der Waals surface area contributed by atoms with Crippen LogP contribution in [0.15, 0.2) is 162 Å². The van der Waals surface area contributed by atoms with Crippen LogP contribution in [0, 0.1) is 0 Å². The predicted octanol–water partition coefficient (Wildman–Crippen LogP) is 11.9. The molecule has 4 heteroatoms. The Bertz CT molecular complexity index is 2630. The van der Waals surface area contributed by atoms with Crippen LogP contribution in [0.5, 0.6) is 11.5 Å². The Labute approximate surface area is 264 Å². The highest BCUT2D eigenvalue weighted by molar-refractivity contribution is 6.13. The van der Waals surface area contributed by atoms with Gasteiger partial charge in [0, 0.05) is 27.2 Å². The number of rotatable bonds is 3. The van der Waals surface area contributed by atoms with Gasteiger partial charge in [-0.2, -0.15) is 0 Å². The van der Waals surface area contributed by atoms with Crippen molar-refractivity contribution < 1.29 is 9.15 Å². The Morgan fingerprint density at radius 1 is 0.413 bits per heavy atom. The second-order valence-corrected chi connectivity index (χ2v) is 11.8. The molecule has 7 aromatic carbocycles. The lowest BCUT2D eigenvalue weighted by Gasteiger charge is -2.33. The molecule has 10 rings (SSSR count). The summed E-state index contributed by atoms with van der Waals surface area (Å²) >= 11 is 0. The molecular weight excluding hydrogens is 564 g/mol. The molecule has 0 atom stereocenters. The van der Waals surface area contributed by atoms with Crippen molar-refractivity contribution in [3.63, 3.8) is 0 Å². The molecule has 0 bridgehead atoms. The molecule has 4 nitrogen and oxygen atoms in total. The smallest absolute Gasteiger partial charge is 0.159 e. The number of nitrogens with zero attached hydrogens (tertiary/aromatic N) is 2. The fourth-order valence-corrected chi connectivity index (χ4v) is 7.11. The van der Waals surface area contributed by atoms with Crippen LogP contribution >= 0.6 is 0 Å². The lowest BCUT2D eigenvalue weighted by Crippen LogP contribution is -2.15. The number of fused-ring (bicyclic) bond motifs is 8. The van der Waals surface area contributed by atoms with Gasteiger partial charge in [0.05, 0.1) is 28.1 Å². The lowest BCUT2D eigenvalue weighted by atomic mass is 10.0. The molecule has 0 N–H and O–H groups in total. The quantitative estimate of drug-likeness (QED) is 0.205. The third kappa shape index (κ3) is 3.61. The van der Waals surface area contributed by atoms with Gasteiger partial charge in [-0.15, -0.1) is 0 Å². The van der Waals surface area contributed by atoms with Crippen molar-refractivity contribution >= 4 is 60.8 Å². The van der Waals surface area contributed by atoms with Crippen LogP contribution in [0.1, 0.15) is 0 Å². The van der Waals surface area contributed by atoms with Gasteiger partial charge in [0.1, 0.15) is 5.58 Å². The monoisotopic (exact) mass is 590 g/mol. The van der Waals surface area contributed by atoms with E-state index in [1.807, 2.05) is 30.3 Å². The maximum absolute atomic E-state index is 6.52. The fraction of sp³-hybridized carbons (Fsp3) is 0. The van der Waals surface area contributed by atoms with Crippen LogP contribution in [0.2, 0.25) is 0 Å². The van der Waals surface area contributed by atoms with Crippen LogP contribution in [0.25, 0.3) is 60.6 Å². The second-order valence-electron chi connectivity index (χ2n) is 11.8. The molecule has 1 aliphatic heterocycles. The van der Waals surface area contributed by atoms with Crippen molar-refractivity contribution in [3.8, 4) is 28.3 Å². The number of hydrogen-bond acceptors (Lipinski definition) is 3. The second kappa shape index (κ2) is 9.62. The van der Waals surface area contributed by atoms with Gasteiger partial charge in [-0.3, -0.25) is 0 Å². The van der Waals surface area contributed by atoms with Crippen LogP contribution in [0.3, 0.4) is 0 Å². The molecule has 0 unspecified atom stereocenters. The van der Waals surface area contributed by atoms with E-state index in [2.05, 4.69) is 137 Å². The van der Waals surface area contributed by atoms with Gasteiger partial charge >= 0.3 is 0 Å². The summed E-state index contributed by atoms with van der Waals surface area (Å²) in [5.74, 6) is 1.67. The molecule has 9 aromatic rings. The van der Waals surface area contributed by atoms with E-state index in [9.17, 15) is 0 Å². The molecule has 216 valence electrons. The van der Waals surface area contributed by atoms with Crippen molar-refractivity contribution in [2.75, 3.05) is 4.90 Å². The third-order valence-corrected chi connectivity index (χ3v) is 9.17. The zero-order chi connectivity index (χ0) is 30.2. The first-order valence-corrected chi connectivity index (χ1v) is 15.5. The molecule has 0 spiro atoms. The van der Waals surface area contributed by atoms with E-state index in [-0.39, 0.29) is 0 Å². The van der Waals surface area contributed by atoms with Crippen LogP contribution in [-0.4, -0.2) is 4.57 Å². The van der Waals surface area contributed by atoms with Gasteiger partial charge in [0.2, 0.25) is 0 Å². The minimum atomic E-state index is 0.833. The number of anilines is 3. The van der Waals surface area contributed by atoms with Gasteiger partial charge < -0.3 is 18.6 Å². The van der Waals surface area contributed by atoms with Crippen molar-refractivity contribution in [1.82, 2.24) is 4.57 Å². The molecule has 0 fully saturated rings. The van der Waals surface area contributed by atoms with E-state index in [0.717, 1.165) is 78.3 Å². The van der Waals surface area contributed by atoms with E-state index >= 15 is 0 Å². The van der Waals surface area contributed by atoms with Gasteiger partial charge in [0.25, 0.3) is 0 Å². The Morgan fingerprint density at radius 3 is 2.02 bits per heavy atom. The summed E-state index contributed by atoms with van der Waals surface area (Å²) in [5, 5.41) is 4.64. The Balaban J connectivity index is 1.15. The van der Waals surface area contributed by atoms with Crippen molar-refractivity contribution in [1.29, 1.82) is 0 Å². The number of benzene rings is 7. The summed E-state index contributed by atoms with van der Waals surface area (Å²) in [5.41, 5.74) is 10.5. The Hall–Kier alpha value is -6.26. The first-order chi connectivity index (χ1) is 22.8. The van der Waals surface area contributed by atoms with Crippen molar-refractivity contribution in [2.45, 2.75) is 0 Å². The Kier molecular flexibility index (Phi) is 5.25. The summed E-state index contributed by atoms with van der Waals surface area (Å²) < 4.78 is 15.3. The number of ether oxygens (including phenoxy) is 1. The van der Waals surface area contributed by atoms with Gasteiger partial charge in [-0.25, -0.2) is 0 Å². The zero-order valence-electron chi connectivity index (χ0n) is 24.7. The normalized spacial score (nSPS) is 12.5. The summed E-state index contributed by atoms with van der Waals surface area (Å²) in [4.78, 5) is 2.27. The molecule has 0 aliphatic carbocycles. The molecule has 2 aromatic heterocycles. The lowest BCUT2D eigenvalue weighted by molar-refractivity contribution is 0.477. The van der Waals surface area contributed by atoms with Crippen LogP contribution in [0.4, 0.5) is 17.1 Å². The zero-order valence-corrected chi connectivity index (χ0v) is 24.7. The van der Waals surface area contributed by atoms with Gasteiger partial charge in [0.15, 0.2) is 17.1 Å². The number of furan rings is 1. The highest BCUT2D eigenvalue weighted by Crippen LogP contribution is 2.51. The van der Waals surface area contributed by atoms with Gasteiger partial charge in [-0.05, 0) is 77.9 Å². The minimum Gasteiger partial charge on any atom is -0.454 e. The fourth-order valence-electron chi connectivity index (χ4n) is 7.11. The van der Waals surface area contributed by atoms with E-state index < -0.39 is 0 Å². The molecule has 1 aliphatic rings. The van der Waals surface area contributed by atoms with E-state index in [0.29, 0.717) is 0 Å². The highest BCUT2D eigenvalue weighted by Gasteiger charge is 2.26. The first-order valence-electron chi connectivity index (χ1n) is 15.5. The summed E-state index contributed by atoms with van der Waals surface area (Å²) in [6.07, 6.45) is 0. The molecule has 46 heavy (non-hydrogen) atoms. The average Bonchev–Trinajstić information content (AvgIpc) is 3.66. The average molecular weight is 591 g/mol. The maximum atomic E-state index is 6.52. The standard InChI is InChI=1S/C42H26N2O2/c1-2-11-29(12-3-1)43-36-17-7-9-20-40(36)45-41-26-28(22-24-37(41)43)27-21-23-35-33(25-27)30-13-4-6-16-34(30)44(35)38-18-10-15-32-31-14-5-8-19-39(31)46-42(32)38/h1-26H. The van der Waals surface area contributed by atoms with Crippen molar-refractivity contribution in [3.05, 3.63) is 158 Å². The number of para-hydroxylation sites is 6. The topological polar surface area (TPSA) is 30.5 Å². The van der Waals surface area contributed by atoms with Gasteiger partial charge in [-0.1, -0.05) is 91.0 Å². The van der Waals surface area contributed by atoms with E-state index in [1.165, 1.54) is 10.8 Å². The number of aromatic nitrogens is 1. The molecule has 0 saturated heterocycles. The highest BCUT2D eigenvalue weighted by atomic mass is 16.5. The molecular formula is C42H26N2O2. The molecule has 0 saturated carbocycles. The predicted molar refractivity (Wildman–Crippen MR) is 188 cm³/mol. The summed E-state index contributed by atoms with van der Waals surface area (Å²) in [6.45, 7) is 0. The van der Waals surface area contributed by atoms with Crippen molar-refractivity contribution in [2.24, 2.45) is 0 Å². The largest absolute Gasteiger partial charge is 0.454 e. The van der Waals surface area contributed by atoms with E-state index in [4.69, 9.17) is 9.15 Å². The first kappa shape index (κ1) is 25.1. The van der Waals surface area contributed by atoms with Crippen LogP contribution < -0.4 is 9.64 Å². The SMILES string of the molecule is c1ccc(N2c3ccccc3Oc3cc(-c4ccc5c(c4)c4ccccc4n5-c4cccc5c4oc4ccccc45)ccc32)cc1. The van der Waals surface area contributed by atoms with E-state index in [1.54, 1.807) is 0 Å². The maximum Gasteiger partial charge on any atom is 0.159 e.